The zero-order chi connectivity index (χ0) is 25.5. The van der Waals surface area contributed by atoms with Gasteiger partial charge in [-0.25, -0.2) is 0 Å². The van der Waals surface area contributed by atoms with Gasteiger partial charge in [0.05, 0.1) is 6.54 Å². The first-order chi connectivity index (χ1) is 17.4. The van der Waals surface area contributed by atoms with Gasteiger partial charge >= 0.3 is 0 Å². The largest absolute Gasteiger partial charge is 0.345 e. The molecule has 0 radical (unpaired) electrons. The number of carbonyl (C=O) groups excluding carboxylic acids is 2. The van der Waals surface area contributed by atoms with Crippen molar-refractivity contribution in [1.82, 2.24) is 14.4 Å². The number of benzene rings is 2. The lowest BCUT2D eigenvalue weighted by Crippen LogP contribution is -2.49. The number of carbonyl (C=O) groups is 2. The van der Waals surface area contributed by atoms with Crippen molar-refractivity contribution < 1.29 is 9.59 Å². The highest BCUT2D eigenvalue weighted by atomic mass is 16.2. The summed E-state index contributed by atoms with van der Waals surface area (Å²) in [6, 6.07) is 22.3. The highest BCUT2D eigenvalue weighted by Gasteiger charge is 2.30. The number of rotatable bonds is 9. The maximum Gasteiger partial charge on any atom is 0.254 e. The second kappa shape index (κ2) is 12.1. The standard InChI is InChI=1S/C31H39N3O2/c1-24(2)33(31(36)29-19-11-10-13-25(29)3)23-30(35)34(27-16-8-5-9-17-27)22-28-18-12-20-32(28)21-26-14-6-4-7-15-26/h4,6-7,10-15,18-20,24,27H,5,8-9,16-17,21-23H2,1-3H3. The van der Waals surface area contributed by atoms with Gasteiger partial charge in [0.2, 0.25) is 5.91 Å². The van der Waals surface area contributed by atoms with Gasteiger partial charge in [0.1, 0.15) is 6.54 Å². The molecular formula is C31H39N3O2. The first kappa shape index (κ1) is 25.7. The molecule has 0 bridgehead atoms. The maximum absolute atomic E-state index is 13.9. The Morgan fingerprint density at radius 3 is 2.31 bits per heavy atom. The molecule has 36 heavy (non-hydrogen) atoms. The third-order valence-electron chi connectivity index (χ3n) is 7.35. The lowest BCUT2D eigenvalue weighted by Gasteiger charge is -2.37. The smallest absolute Gasteiger partial charge is 0.254 e. The fourth-order valence-corrected chi connectivity index (χ4v) is 5.21. The molecular weight excluding hydrogens is 446 g/mol. The number of hydrogen-bond acceptors (Lipinski definition) is 2. The molecule has 0 N–H and O–H groups in total. The van der Waals surface area contributed by atoms with Gasteiger partial charge in [-0.05, 0) is 62.9 Å². The van der Waals surface area contributed by atoms with Gasteiger partial charge in [-0.1, -0.05) is 67.8 Å². The number of hydrogen-bond donors (Lipinski definition) is 0. The molecule has 1 saturated carbocycles. The van der Waals surface area contributed by atoms with Crippen LogP contribution in [0.2, 0.25) is 0 Å². The predicted molar refractivity (Wildman–Crippen MR) is 145 cm³/mol. The van der Waals surface area contributed by atoms with Crippen LogP contribution in [0.1, 0.15) is 73.1 Å². The average Bonchev–Trinajstić information content (AvgIpc) is 3.33. The molecule has 3 aromatic rings. The number of aromatic nitrogens is 1. The lowest BCUT2D eigenvalue weighted by atomic mass is 9.94. The van der Waals surface area contributed by atoms with Gasteiger partial charge < -0.3 is 14.4 Å². The van der Waals surface area contributed by atoms with Crippen LogP contribution < -0.4 is 0 Å². The number of nitrogens with zero attached hydrogens (tertiary/aromatic N) is 3. The molecule has 0 unspecified atom stereocenters. The quantitative estimate of drug-likeness (QED) is 0.370. The molecule has 0 atom stereocenters. The molecule has 0 spiro atoms. The zero-order valence-electron chi connectivity index (χ0n) is 21.9. The van der Waals surface area contributed by atoms with Gasteiger partial charge in [0.15, 0.2) is 0 Å². The summed E-state index contributed by atoms with van der Waals surface area (Å²) < 4.78 is 2.23. The van der Waals surface area contributed by atoms with Gasteiger partial charge in [-0.3, -0.25) is 9.59 Å². The van der Waals surface area contributed by atoms with Crippen LogP contribution in [0.25, 0.3) is 0 Å². The summed E-state index contributed by atoms with van der Waals surface area (Å²) in [6.07, 6.45) is 7.67. The molecule has 0 saturated heterocycles. The molecule has 5 nitrogen and oxygen atoms in total. The van der Waals surface area contributed by atoms with Gasteiger partial charge in [0, 0.05) is 36.1 Å². The van der Waals surface area contributed by atoms with E-state index in [2.05, 4.69) is 52.1 Å². The second-order valence-corrected chi connectivity index (χ2v) is 10.3. The third-order valence-corrected chi connectivity index (χ3v) is 7.35. The van der Waals surface area contributed by atoms with Gasteiger partial charge in [-0.2, -0.15) is 0 Å². The normalized spacial score (nSPS) is 14.1. The molecule has 4 rings (SSSR count). The van der Waals surface area contributed by atoms with E-state index < -0.39 is 0 Å². The molecule has 2 aromatic carbocycles. The van der Waals surface area contributed by atoms with Crippen LogP contribution in [0.5, 0.6) is 0 Å². The van der Waals surface area contributed by atoms with E-state index in [-0.39, 0.29) is 30.4 Å². The Morgan fingerprint density at radius 2 is 1.61 bits per heavy atom. The molecule has 0 aliphatic heterocycles. The Kier molecular flexibility index (Phi) is 8.63. The maximum atomic E-state index is 13.9. The van der Waals surface area contributed by atoms with Crippen molar-refractivity contribution in [2.45, 2.75) is 78.0 Å². The highest BCUT2D eigenvalue weighted by molar-refractivity contribution is 5.97. The summed E-state index contributed by atoms with van der Waals surface area (Å²) in [5.74, 6) is -0.0440. The number of amides is 2. The monoisotopic (exact) mass is 485 g/mol. The van der Waals surface area contributed by atoms with Crippen molar-refractivity contribution in [2.24, 2.45) is 0 Å². The van der Waals surface area contributed by atoms with Crippen LogP contribution in [0.15, 0.2) is 72.9 Å². The minimum absolute atomic E-state index is 0.0324. The number of aryl methyl sites for hydroxylation is 1. The van der Waals surface area contributed by atoms with Crippen molar-refractivity contribution in [3.05, 3.63) is 95.3 Å². The van der Waals surface area contributed by atoms with E-state index in [1.807, 2.05) is 51.1 Å². The first-order valence-corrected chi connectivity index (χ1v) is 13.3. The van der Waals surface area contributed by atoms with E-state index in [0.29, 0.717) is 12.1 Å². The summed E-state index contributed by atoms with van der Waals surface area (Å²) in [5, 5.41) is 0. The summed E-state index contributed by atoms with van der Waals surface area (Å²) in [7, 11) is 0. The molecule has 5 heteroatoms. The van der Waals surface area contributed by atoms with E-state index in [4.69, 9.17) is 0 Å². The average molecular weight is 486 g/mol. The Balaban J connectivity index is 1.56. The molecule has 1 aliphatic carbocycles. The minimum Gasteiger partial charge on any atom is -0.345 e. The predicted octanol–water partition coefficient (Wildman–Crippen LogP) is 6.06. The molecule has 1 aromatic heterocycles. The molecule has 1 aliphatic rings. The Morgan fingerprint density at radius 1 is 0.917 bits per heavy atom. The van der Waals surface area contributed by atoms with E-state index in [0.717, 1.165) is 43.5 Å². The topological polar surface area (TPSA) is 45.6 Å². The lowest BCUT2D eigenvalue weighted by molar-refractivity contribution is -0.136. The summed E-state index contributed by atoms with van der Waals surface area (Å²) in [6.45, 7) is 7.36. The fourth-order valence-electron chi connectivity index (χ4n) is 5.21. The van der Waals surface area contributed by atoms with Crippen LogP contribution >= 0.6 is 0 Å². The highest BCUT2D eigenvalue weighted by Crippen LogP contribution is 2.25. The van der Waals surface area contributed by atoms with Gasteiger partial charge in [-0.15, -0.1) is 0 Å². The summed E-state index contributed by atoms with van der Waals surface area (Å²) in [4.78, 5) is 31.1. The van der Waals surface area contributed by atoms with Crippen LogP contribution in [-0.2, 0) is 17.9 Å². The minimum atomic E-state index is -0.0764. The second-order valence-electron chi connectivity index (χ2n) is 10.3. The third kappa shape index (κ3) is 6.26. The zero-order valence-corrected chi connectivity index (χ0v) is 21.9. The van der Waals surface area contributed by atoms with Crippen LogP contribution in [0, 0.1) is 6.92 Å². The molecule has 1 fully saturated rings. The Labute approximate surface area is 215 Å². The van der Waals surface area contributed by atoms with Crippen molar-refractivity contribution in [3.8, 4) is 0 Å². The van der Waals surface area contributed by atoms with Crippen LogP contribution in [-0.4, -0.2) is 44.8 Å². The SMILES string of the molecule is Cc1ccccc1C(=O)N(CC(=O)N(Cc1cccn1Cc1ccccc1)C1CCCCC1)C(C)C. The van der Waals surface area contributed by atoms with E-state index in [1.165, 1.54) is 12.0 Å². The van der Waals surface area contributed by atoms with Crippen molar-refractivity contribution in [2.75, 3.05) is 6.54 Å². The van der Waals surface area contributed by atoms with Crippen LogP contribution in [0.3, 0.4) is 0 Å². The molecule has 2 amide bonds. The van der Waals surface area contributed by atoms with Crippen molar-refractivity contribution in [3.63, 3.8) is 0 Å². The summed E-state index contributed by atoms with van der Waals surface area (Å²) >= 11 is 0. The Hall–Kier alpha value is -3.34. The van der Waals surface area contributed by atoms with E-state index in [1.54, 1.807) is 4.90 Å². The molecule has 190 valence electrons. The van der Waals surface area contributed by atoms with Crippen LogP contribution in [0.4, 0.5) is 0 Å². The van der Waals surface area contributed by atoms with Crippen molar-refractivity contribution in [1.29, 1.82) is 0 Å². The Bertz CT molecular complexity index is 1150. The van der Waals surface area contributed by atoms with E-state index >= 15 is 0 Å². The fraction of sp³-hybridized carbons (Fsp3) is 0.419. The summed E-state index contributed by atoms with van der Waals surface area (Å²) in [5.41, 5.74) is 3.96. The van der Waals surface area contributed by atoms with Gasteiger partial charge in [0.25, 0.3) is 5.91 Å². The van der Waals surface area contributed by atoms with E-state index in [9.17, 15) is 9.59 Å². The first-order valence-electron chi connectivity index (χ1n) is 13.3. The van der Waals surface area contributed by atoms with Crippen molar-refractivity contribution >= 4 is 11.8 Å². The molecule has 1 heterocycles.